The van der Waals surface area contributed by atoms with Gasteiger partial charge in [-0.2, -0.15) is 0 Å². The zero-order chi connectivity index (χ0) is 45.1. The summed E-state index contributed by atoms with van der Waals surface area (Å²) < 4.78 is 16.7. The molecular formula is C56H94O6. The summed E-state index contributed by atoms with van der Waals surface area (Å²) >= 11 is 0. The molecule has 0 fully saturated rings. The predicted molar refractivity (Wildman–Crippen MR) is 265 cm³/mol. The fourth-order valence-electron chi connectivity index (χ4n) is 6.80. The normalized spacial score (nSPS) is 12.8. The summed E-state index contributed by atoms with van der Waals surface area (Å²) in [6.45, 7) is 6.43. The molecule has 0 aromatic rings. The number of hydrogen-bond acceptors (Lipinski definition) is 6. The fourth-order valence-corrected chi connectivity index (χ4v) is 6.80. The van der Waals surface area contributed by atoms with Crippen LogP contribution in [0.4, 0.5) is 0 Å². The zero-order valence-corrected chi connectivity index (χ0v) is 40.4. The van der Waals surface area contributed by atoms with Crippen molar-refractivity contribution >= 4 is 17.9 Å². The lowest BCUT2D eigenvalue weighted by Gasteiger charge is -2.18. The first-order valence-electron chi connectivity index (χ1n) is 25.6. The van der Waals surface area contributed by atoms with Crippen molar-refractivity contribution in [2.45, 2.75) is 239 Å². The Kier molecular flexibility index (Phi) is 47.5. The van der Waals surface area contributed by atoms with E-state index < -0.39 is 6.10 Å². The van der Waals surface area contributed by atoms with Crippen LogP contribution in [0.1, 0.15) is 233 Å². The van der Waals surface area contributed by atoms with Crippen molar-refractivity contribution in [3.63, 3.8) is 0 Å². The lowest BCUT2D eigenvalue weighted by Crippen LogP contribution is -2.30. The second-order valence-electron chi connectivity index (χ2n) is 16.7. The highest BCUT2D eigenvalue weighted by Crippen LogP contribution is 2.14. The van der Waals surface area contributed by atoms with Gasteiger partial charge in [0.15, 0.2) is 6.10 Å². The van der Waals surface area contributed by atoms with Gasteiger partial charge < -0.3 is 14.2 Å². The van der Waals surface area contributed by atoms with Crippen LogP contribution in [0.2, 0.25) is 0 Å². The summed E-state index contributed by atoms with van der Waals surface area (Å²) in [7, 11) is 0. The van der Waals surface area contributed by atoms with Crippen LogP contribution in [0.25, 0.3) is 0 Å². The monoisotopic (exact) mass is 863 g/mol. The molecule has 354 valence electrons. The van der Waals surface area contributed by atoms with Gasteiger partial charge in [0.2, 0.25) is 0 Å². The van der Waals surface area contributed by atoms with Crippen LogP contribution in [0.15, 0.2) is 85.1 Å². The molecule has 1 atom stereocenters. The molecule has 6 heteroatoms. The maximum absolute atomic E-state index is 12.8. The first kappa shape index (κ1) is 58.6. The molecule has 0 aliphatic rings. The summed E-state index contributed by atoms with van der Waals surface area (Å²) in [4.78, 5) is 37.9. The average molecular weight is 863 g/mol. The number of ether oxygens (including phenoxy) is 3. The van der Waals surface area contributed by atoms with Crippen molar-refractivity contribution in [3.05, 3.63) is 85.1 Å². The van der Waals surface area contributed by atoms with Crippen LogP contribution >= 0.6 is 0 Å². The minimum absolute atomic E-state index is 0.0997. The van der Waals surface area contributed by atoms with Gasteiger partial charge in [-0.25, -0.2) is 0 Å². The Labute approximate surface area is 382 Å². The van der Waals surface area contributed by atoms with Gasteiger partial charge >= 0.3 is 17.9 Å². The van der Waals surface area contributed by atoms with E-state index in [1.54, 1.807) is 0 Å². The number of allylic oxidation sites excluding steroid dienone is 14. The van der Waals surface area contributed by atoms with Crippen LogP contribution in [-0.4, -0.2) is 37.2 Å². The Bertz CT molecular complexity index is 1220. The van der Waals surface area contributed by atoms with E-state index in [1.807, 2.05) is 0 Å². The number of rotatable bonds is 45. The van der Waals surface area contributed by atoms with Gasteiger partial charge in [-0.3, -0.25) is 14.4 Å². The Balaban J connectivity index is 4.50. The molecule has 0 unspecified atom stereocenters. The summed E-state index contributed by atoms with van der Waals surface area (Å²) in [5, 5.41) is 0. The molecule has 0 N–H and O–H groups in total. The molecule has 0 amide bonds. The summed E-state index contributed by atoms with van der Waals surface area (Å²) in [6.07, 6.45) is 64.2. The van der Waals surface area contributed by atoms with E-state index in [1.165, 1.54) is 83.5 Å². The van der Waals surface area contributed by atoms with Gasteiger partial charge in [-0.1, -0.05) is 209 Å². The van der Waals surface area contributed by atoms with Gasteiger partial charge in [0.05, 0.1) is 0 Å². The van der Waals surface area contributed by atoms with Crippen molar-refractivity contribution in [1.82, 2.24) is 0 Å². The molecular weight excluding hydrogens is 769 g/mol. The highest BCUT2D eigenvalue weighted by Gasteiger charge is 2.19. The smallest absolute Gasteiger partial charge is 0.306 e. The SMILES string of the molecule is CC/C=C\C/C=C\C/C=C\CCCCCCCC(=O)O[C@H](COC(=O)CCC/C=C\C/C=C\C/C=C\C/C=C\CCCCC)COC(=O)CCCCCCCCCCCCCC. The molecule has 62 heavy (non-hydrogen) atoms. The molecule has 0 saturated heterocycles. The minimum atomic E-state index is -0.805. The van der Waals surface area contributed by atoms with E-state index in [0.717, 1.165) is 103 Å². The third-order valence-electron chi connectivity index (χ3n) is 10.6. The Morgan fingerprint density at radius 1 is 0.339 bits per heavy atom. The lowest BCUT2D eigenvalue weighted by molar-refractivity contribution is -0.167. The van der Waals surface area contributed by atoms with Crippen LogP contribution < -0.4 is 0 Å². The van der Waals surface area contributed by atoms with E-state index >= 15 is 0 Å². The van der Waals surface area contributed by atoms with Crippen LogP contribution in [0.3, 0.4) is 0 Å². The number of carbonyl (C=O) groups is 3. The quantitative estimate of drug-likeness (QED) is 0.0263. The molecule has 0 heterocycles. The average Bonchev–Trinajstić information content (AvgIpc) is 3.27. The van der Waals surface area contributed by atoms with Crippen LogP contribution in [0, 0.1) is 0 Å². The second-order valence-corrected chi connectivity index (χ2v) is 16.7. The summed E-state index contributed by atoms with van der Waals surface area (Å²) in [5.41, 5.74) is 0. The zero-order valence-electron chi connectivity index (χ0n) is 40.4. The van der Waals surface area contributed by atoms with Gasteiger partial charge in [0, 0.05) is 19.3 Å². The van der Waals surface area contributed by atoms with E-state index in [2.05, 4.69) is 106 Å². The van der Waals surface area contributed by atoms with Gasteiger partial charge in [0.1, 0.15) is 13.2 Å². The topological polar surface area (TPSA) is 78.9 Å². The predicted octanol–water partition coefficient (Wildman–Crippen LogP) is 16.8. The highest BCUT2D eigenvalue weighted by molar-refractivity contribution is 5.71. The van der Waals surface area contributed by atoms with Crippen molar-refractivity contribution in [2.24, 2.45) is 0 Å². The third kappa shape index (κ3) is 47.6. The molecule has 0 aromatic heterocycles. The van der Waals surface area contributed by atoms with E-state index in [9.17, 15) is 14.4 Å². The lowest BCUT2D eigenvalue weighted by atomic mass is 10.0. The van der Waals surface area contributed by atoms with Crippen LogP contribution in [-0.2, 0) is 28.6 Å². The molecule has 0 saturated carbocycles. The Morgan fingerprint density at radius 2 is 0.645 bits per heavy atom. The van der Waals surface area contributed by atoms with Crippen molar-refractivity contribution in [2.75, 3.05) is 13.2 Å². The largest absolute Gasteiger partial charge is 0.462 e. The fraction of sp³-hybridized carbons (Fsp3) is 0.696. The van der Waals surface area contributed by atoms with Gasteiger partial charge in [-0.05, 0) is 89.9 Å². The van der Waals surface area contributed by atoms with Crippen LogP contribution in [0.5, 0.6) is 0 Å². The Morgan fingerprint density at radius 3 is 1.08 bits per heavy atom. The van der Waals surface area contributed by atoms with E-state index in [4.69, 9.17) is 14.2 Å². The van der Waals surface area contributed by atoms with Crippen molar-refractivity contribution in [3.8, 4) is 0 Å². The molecule has 0 spiro atoms. The number of unbranched alkanes of at least 4 members (excludes halogenated alkanes) is 20. The Hall–Kier alpha value is -3.41. The maximum atomic E-state index is 12.8. The maximum Gasteiger partial charge on any atom is 0.306 e. The molecule has 0 aliphatic heterocycles. The number of hydrogen-bond donors (Lipinski definition) is 0. The molecule has 0 aromatic carbocycles. The van der Waals surface area contributed by atoms with Crippen molar-refractivity contribution < 1.29 is 28.6 Å². The minimum Gasteiger partial charge on any atom is -0.462 e. The van der Waals surface area contributed by atoms with E-state index in [-0.39, 0.29) is 37.5 Å². The molecule has 6 nitrogen and oxygen atoms in total. The first-order chi connectivity index (χ1) is 30.5. The van der Waals surface area contributed by atoms with Gasteiger partial charge in [0.25, 0.3) is 0 Å². The van der Waals surface area contributed by atoms with E-state index in [0.29, 0.717) is 19.3 Å². The summed E-state index contributed by atoms with van der Waals surface area (Å²) in [5.74, 6) is -0.977. The molecule has 0 rings (SSSR count). The molecule has 0 bridgehead atoms. The van der Waals surface area contributed by atoms with Gasteiger partial charge in [-0.15, -0.1) is 0 Å². The first-order valence-corrected chi connectivity index (χ1v) is 25.6. The standard InChI is InChI=1S/C56H94O6/c1-4-7-10-13-16-19-22-25-27-28-30-31-34-37-40-43-46-49-55(58)61-52-53(51-60-54(57)48-45-42-39-36-33-24-21-18-15-12-9-6-3)62-56(59)50-47-44-41-38-35-32-29-26-23-20-17-14-11-8-5-2/h8,11,16-17,19-20,25-27,29-31,37,40,53H,4-7,9-10,12-15,18,21-24,28,32-36,38-39,41-52H2,1-3H3/b11-8-,19-16-,20-17-,27-25-,29-26-,31-30-,40-37-/t53-/m0/s1. The molecule has 0 aliphatic carbocycles. The summed E-state index contributed by atoms with van der Waals surface area (Å²) in [6, 6.07) is 0. The molecule has 0 radical (unpaired) electrons. The van der Waals surface area contributed by atoms with Crippen molar-refractivity contribution in [1.29, 1.82) is 0 Å². The number of carbonyl (C=O) groups excluding carboxylic acids is 3. The number of esters is 3. The highest BCUT2D eigenvalue weighted by atomic mass is 16.6. The second kappa shape index (κ2) is 50.2. The third-order valence-corrected chi connectivity index (χ3v) is 10.6.